The normalized spacial score (nSPS) is 18.6. The molecule has 1 saturated heterocycles. The average Bonchev–Trinajstić information content (AvgIpc) is 2.52. The summed E-state index contributed by atoms with van der Waals surface area (Å²) in [6.45, 7) is 4.99. The molecule has 3 nitrogen and oxygen atoms in total. The Hall–Kier alpha value is -1.64. The molecule has 1 aliphatic heterocycles. The fraction of sp³-hybridized carbons (Fsp3) is 0.556. The number of carbonyl (C=O) groups is 2. The Morgan fingerprint density at radius 2 is 1.86 bits per heavy atom. The van der Waals surface area contributed by atoms with Crippen molar-refractivity contribution >= 4 is 11.7 Å². The van der Waals surface area contributed by atoms with Gasteiger partial charge < -0.3 is 4.90 Å². The van der Waals surface area contributed by atoms with E-state index in [1.807, 2.05) is 36.1 Å². The van der Waals surface area contributed by atoms with Gasteiger partial charge in [0.15, 0.2) is 5.78 Å². The summed E-state index contributed by atoms with van der Waals surface area (Å²) in [4.78, 5) is 26.4. The number of amides is 1. The first-order valence-electron chi connectivity index (χ1n) is 8.01. The summed E-state index contributed by atoms with van der Waals surface area (Å²) in [5, 5.41) is 0. The molecule has 0 aliphatic carbocycles. The lowest BCUT2D eigenvalue weighted by molar-refractivity contribution is -0.134. The zero-order valence-electron chi connectivity index (χ0n) is 13.1. The fourth-order valence-corrected chi connectivity index (χ4v) is 3.00. The second kappa shape index (κ2) is 7.39. The monoisotopic (exact) mass is 287 g/mol. The third-order valence-electron chi connectivity index (χ3n) is 4.36. The maximum absolute atomic E-state index is 12.3. The predicted molar refractivity (Wildman–Crippen MR) is 84.4 cm³/mol. The van der Waals surface area contributed by atoms with Crippen LogP contribution in [0.3, 0.4) is 0 Å². The van der Waals surface area contributed by atoms with Gasteiger partial charge in [0.05, 0.1) is 0 Å². The van der Waals surface area contributed by atoms with Crippen LogP contribution in [0.2, 0.25) is 0 Å². The van der Waals surface area contributed by atoms with Crippen LogP contribution in [0.25, 0.3) is 0 Å². The minimum absolute atomic E-state index is 0.0633. The van der Waals surface area contributed by atoms with E-state index in [4.69, 9.17) is 0 Å². The molecule has 1 fully saturated rings. The van der Waals surface area contributed by atoms with Gasteiger partial charge >= 0.3 is 0 Å². The first-order valence-corrected chi connectivity index (χ1v) is 8.01. The van der Waals surface area contributed by atoms with Crippen molar-refractivity contribution < 1.29 is 9.59 Å². The van der Waals surface area contributed by atoms with E-state index < -0.39 is 0 Å². The van der Waals surface area contributed by atoms with Crippen molar-refractivity contribution in [1.29, 1.82) is 0 Å². The van der Waals surface area contributed by atoms with Crippen molar-refractivity contribution in [3.63, 3.8) is 0 Å². The van der Waals surface area contributed by atoms with Crippen LogP contribution >= 0.6 is 0 Å². The molecule has 3 heteroatoms. The largest absolute Gasteiger partial charge is 0.340 e. The number of hydrogen-bond donors (Lipinski definition) is 0. The van der Waals surface area contributed by atoms with E-state index in [1.165, 1.54) is 6.42 Å². The quantitative estimate of drug-likeness (QED) is 0.773. The summed E-state index contributed by atoms with van der Waals surface area (Å²) in [7, 11) is 0. The molecule has 0 radical (unpaired) electrons. The first kappa shape index (κ1) is 15.7. The van der Waals surface area contributed by atoms with Gasteiger partial charge in [0, 0.05) is 31.0 Å². The van der Waals surface area contributed by atoms with E-state index in [0.29, 0.717) is 24.4 Å². The smallest absolute Gasteiger partial charge is 0.223 e. The number of piperidine rings is 1. The highest BCUT2D eigenvalue weighted by atomic mass is 16.2. The van der Waals surface area contributed by atoms with Crippen LogP contribution in [0, 0.1) is 6.92 Å². The van der Waals surface area contributed by atoms with Crippen molar-refractivity contribution in [2.75, 3.05) is 6.54 Å². The Balaban J connectivity index is 1.88. The number of rotatable bonds is 5. The van der Waals surface area contributed by atoms with E-state index in [-0.39, 0.29) is 11.7 Å². The molecule has 1 amide bonds. The molecule has 0 spiro atoms. The van der Waals surface area contributed by atoms with E-state index in [0.717, 1.165) is 31.4 Å². The summed E-state index contributed by atoms with van der Waals surface area (Å²) in [5.74, 6) is 0.204. The SMILES string of the molecule is CCC1CCCCN1C(=O)CCC(=O)c1ccc(C)cc1. The highest BCUT2D eigenvalue weighted by Gasteiger charge is 2.25. The van der Waals surface area contributed by atoms with Gasteiger partial charge in [-0.3, -0.25) is 9.59 Å². The summed E-state index contributed by atoms with van der Waals surface area (Å²) < 4.78 is 0. The third-order valence-corrected chi connectivity index (χ3v) is 4.36. The van der Waals surface area contributed by atoms with Gasteiger partial charge in [-0.1, -0.05) is 36.8 Å². The van der Waals surface area contributed by atoms with E-state index in [2.05, 4.69) is 6.92 Å². The number of hydrogen-bond acceptors (Lipinski definition) is 2. The molecule has 1 aromatic rings. The molecule has 0 bridgehead atoms. The van der Waals surface area contributed by atoms with Gasteiger partial charge in [-0.25, -0.2) is 0 Å². The topological polar surface area (TPSA) is 37.4 Å². The van der Waals surface area contributed by atoms with Gasteiger partial charge in [-0.15, -0.1) is 0 Å². The van der Waals surface area contributed by atoms with Crippen LogP contribution in [0.1, 0.15) is 61.4 Å². The lowest BCUT2D eigenvalue weighted by atomic mass is 9.98. The minimum Gasteiger partial charge on any atom is -0.340 e. The maximum atomic E-state index is 12.3. The van der Waals surface area contributed by atoms with Gasteiger partial charge in [-0.2, -0.15) is 0 Å². The summed E-state index contributed by atoms with van der Waals surface area (Å²) >= 11 is 0. The van der Waals surface area contributed by atoms with Crippen molar-refractivity contribution in [3.8, 4) is 0 Å². The molecular weight excluding hydrogens is 262 g/mol. The van der Waals surface area contributed by atoms with Crippen LogP contribution in [0.5, 0.6) is 0 Å². The summed E-state index contributed by atoms with van der Waals surface area (Å²) in [6, 6.07) is 7.94. The van der Waals surface area contributed by atoms with Crippen LogP contribution in [0.15, 0.2) is 24.3 Å². The van der Waals surface area contributed by atoms with E-state index in [9.17, 15) is 9.59 Å². The molecule has 21 heavy (non-hydrogen) atoms. The fourth-order valence-electron chi connectivity index (χ4n) is 3.00. The second-order valence-corrected chi connectivity index (χ2v) is 5.93. The van der Waals surface area contributed by atoms with Gasteiger partial charge in [-0.05, 0) is 32.6 Å². The Morgan fingerprint density at radius 1 is 1.14 bits per heavy atom. The summed E-state index contributed by atoms with van der Waals surface area (Å²) in [5.41, 5.74) is 1.85. The number of aryl methyl sites for hydroxylation is 1. The van der Waals surface area contributed by atoms with Crippen LogP contribution in [-0.4, -0.2) is 29.2 Å². The highest BCUT2D eigenvalue weighted by molar-refractivity contribution is 5.98. The average molecular weight is 287 g/mol. The van der Waals surface area contributed by atoms with Crippen molar-refractivity contribution in [1.82, 2.24) is 4.90 Å². The van der Waals surface area contributed by atoms with Crippen molar-refractivity contribution in [2.45, 2.75) is 58.4 Å². The highest BCUT2D eigenvalue weighted by Crippen LogP contribution is 2.21. The minimum atomic E-state index is 0.0633. The van der Waals surface area contributed by atoms with Crippen molar-refractivity contribution in [2.24, 2.45) is 0 Å². The number of carbonyl (C=O) groups excluding carboxylic acids is 2. The number of likely N-dealkylation sites (tertiary alicyclic amines) is 1. The number of nitrogens with zero attached hydrogens (tertiary/aromatic N) is 1. The maximum Gasteiger partial charge on any atom is 0.223 e. The van der Waals surface area contributed by atoms with Gasteiger partial charge in [0.1, 0.15) is 0 Å². The molecule has 0 saturated carbocycles. The molecule has 1 aliphatic rings. The molecule has 0 N–H and O–H groups in total. The Kier molecular flexibility index (Phi) is 5.54. The summed E-state index contributed by atoms with van der Waals surface area (Å²) in [6.07, 6.45) is 5.07. The van der Waals surface area contributed by atoms with E-state index >= 15 is 0 Å². The Labute approximate surface area is 127 Å². The Bertz CT molecular complexity index is 492. The van der Waals surface area contributed by atoms with Crippen LogP contribution in [0.4, 0.5) is 0 Å². The predicted octanol–water partition coefficient (Wildman–Crippen LogP) is 3.75. The molecule has 1 unspecified atom stereocenters. The van der Waals surface area contributed by atoms with Gasteiger partial charge in [0.2, 0.25) is 5.91 Å². The van der Waals surface area contributed by atoms with E-state index in [1.54, 1.807) is 0 Å². The number of benzene rings is 1. The van der Waals surface area contributed by atoms with Gasteiger partial charge in [0.25, 0.3) is 0 Å². The first-order chi connectivity index (χ1) is 10.1. The number of Topliss-reactive ketones (excluding diaryl/α,β-unsaturated/α-hetero) is 1. The van der Waals surface area contributed by atoms with Crippen molar-refractivity contribution in [3.05, 3.63) is 35.4 Å². The van der Waals surface area contributed by atoms with Crippen LogP contribution < -0.4 is 0 Å². The molecule has 2 rings (SSSR count). The number of ketones is 1. The second-order valence-electron chi connectivity index (χ2n) is 5.93. The molecule has 1 aromatic carbocycles. The molecule has 0 aromatic heterocycles. The molecule has 1 heterocycles. The zero-order valence-corrected chi connectivity index (χ0v) is 13.1. The lowest BCUT2D eigenvalue weighted by Crippen LogP contribution is -2.43. The molecule has 114 valence electrons. The molecular formula is C18H25NO2. The molecule has 1 atom stereocenters. The third kappa shape index (κ3) is 4.16. The lowest BCUT2D eigenvalue weighted by Gasteiger charge is -2.35. The standard InChI is InChI=1S/C18H25NO2/c1-3-16-6-4-5-13-19(16)18(21)12-11-17(20)15-9-7-14(2)8-10-15/h7-10,16H,3-6,11-13H2,1-2H3. The zero-order chi connectivity index (χ0) is 15.2. The Morgan fingerprint density at radius 3 is 2.52 bits per heavy atom. The van der Waals surface area contributed by atoms with Crippen LogP contribution in [-0.2, 0) is 4.79 Å².